The number of nitrogens with one attached hydrogen (secondary N) is 1. The maximum absolute atomic E-state index is 12.1. The summed E-state index contributed by atoms with van der Waals surface area (Å²) < 4.78 is 0.700. The summed E-state index contributed by atoms with van der Waals surface area (Å²) in [5.74, 6) is -0.197. The quantitative estimate of drug-likeness (QED) is 0.390. The zero-order valence-corrected chi connectivity index (χ0v) is 17.9. The summed E-state index contributed by atoms with van der Waals surface area (Å²) in [6, 6.07) is 11.4. The fourth-order valence-corrected chi connectivity index (χ4v) is 4.65. The molecule has 2 atom stereocenters. The van der Waals surface area contributed by atoms with Crippen molar-refractivity contribution in [2.24, 2.45) is 0 Å². The van der Waals surface area contributed by atoms with Gasteiger partial charge in [0.05, 0.1) is 35.1 Å². The summed E-state index contributed by atoms with van der Waals surface area (Å²) in [4.78, 5) is 23.0. The lowest BCUT2D eigenvalue weighted by atomic mass is 9.90. The smallest absolute Gasteiger partial charge is 0.269 e. The number of hydrogen-bond acceptors (Lipinski definition) is 3. The molecular formula is C21H24Cl2N3O3+. The number of nitrogens with zero attached hydrogens (tertiary/aromatic N) is 2. The first-order valence-corrected chi connectivity index (χ1v) is 10.3. The number of benzene rings is 2. The van der Waals surface area contributed by atoms with E-state index >= 15 is 0 Å². The molecule has 0 bridgehead atoms. The molecule has 1 saturated heterocycles. The molecule has 1 unspecified atom stereocenters. The van der Waals surface area contributed by atoms with Gasteiger partial charge in [-0.1, -0.05) is 41.4 Å². The normalized spacial score (nSPS) is 17.5. The van der Waals surface area contributed by atoms with E-state index in [2.05, 4.69) is 12.4 Å². The number of non-ortho nitro benzene ring substituents is 1. The zero-order valence-electron chi connectivity index (χ0n) is 16.4. The van der Waals surface area contributed by atoms with Crippen LogP contribution in [-0.4, -0.2) is 35.5 Å². The van der Waals surface area contributed by atoms with Gasteiger partial charge in [0, 0.05) is 37.5 Å². The number of carbonyl (C=O) groups excluding carboxylic acids is 1. The van der Waals surface area contributed by atoms with Crippen molar-refractivity contribution in [2.45, 2.75) is 31.8 Å². The summed E-state index contributed by atoms with van der Waals surface area (Å²) in [7, 11) is 2.16. The first-order chi connectivity index (χ1) is 13.7. The Bertz CT molecular complexity index is 929. The second-order valence-corrected chi connectivity index (χ2v) is 8.60. The highest BCUT2D eigenvalue weighted by Gasteiger charge is 2.43. The van der Waals surface area contributed by atoms with Crippen LogP contribution in [0.5, 0.6) is 0 Å². The van der Waals surface area contributed by atoms with E-state index in [1.807, 2.05) is 18.2 Å². The van der Waals surface area contributed by atoms with Gasteiger partial charge in [0.2, 0.25) is 5.91 Å². The van der Waals surface area contributed by atoms with Crippen LogP contribution in [0.4, 0.5) is 5.69 Å². The molecule has 0 aliphatic carbocycles. The number of rotatable bonds is 6. The molecule has 1 aliphatic rings. The van der Waals surface area contributed by atoms with E-state index in [9.17, 15) is 14.9 Å². The second kappa shape index (κ2) is 8.69. The monoisotopic (exact) mass is 436 g/mol. The molecule has 2 aromatic rings. The average molecular weight is 437 g/mol. The Morgan fingerprint density at radius 2 is 1.79 bits per heavy atom. The number of quaternary nitrogens is 1. The first-order valence-electron chi connectivity index (χ1n) is 9.52. The minimum absolute atomic E-state index is 0.00480. The zero-order chi connectivity index (χ0) is 21.2. The first kappa shape index (κ1) is 21.6. The Balaban J connectivity index is 2.17. The van der Waals surface area contributed by atoms with Gasteiger partial charge in [0.1, 0.15) is 12.1 Å². The third-order valence-corrected chi connectivity index (χ3v) is 6.40. The Morgan fingerprint density at radius 3 is 2.38 bits per heavy atom. The van der Waals surface area contributed by atoms with Gasteiger partial charge in [-0.2, -0.15) is 0 Å². The highest BCUT2D eigenvalue weighted by molar-refractivity contribution is 6.42. The van der Waals surface area contributed by atoms with Crippen LogP contribution in [0.3, 0.4) is 0 Å². The molecule has 1 aliphatic heterocycles. The predicted molar refractivity (Wildman–Crippen MR) is 114 cm³/mol. The second-order valence-electron chi connectivity index (χ2n) is 7.78. The topological polar surface area (TPSA) is 72.2 Å². The van der Waals surface area contributed by atoms with E-state index in [0.29, 0.717) is 20.1 Å². The van der Waals surface area contributed by atoms with E-state index in [4.69, 9.17) is 23.2 Å². The van der Waals surface area contributed by atoms with E-state index < -0.39 is 11.0 Å². The molecule has 3 rings (SSSR count). The van der Waals surface area contributed by atoms with Crippen LogP contribution < -0.4 is 5.32 Å². The molecule has 2 aromatic carbocycles. The van der Waals surface area contributed by atoms with Crippen molar-refractivity contribution in [2.75, 3.05) is 20.1 Å². The summed E-state index contributed by atoms with van der Waals surface area (Å²) in [5.41, 5.74) is 1.63. The maximum Gasteiger partial charge on any atom is 0.269 e. The Kier molecular flexibility index (Phi) is 6.46. The maximum atomic E-state index is 12.1. The van der Waals surface area contributed by atoms with Crippen molar-refractivity contribution in [3.05, 3.63) is 73.8 Å². The Hall–Kier alpha value is -2.15. The number of halogens is 2. The Morgan fingerprint density at radius 1 is 1.10 bits per heavy atom. The number of nitro benzene ring substituents is 1. The number of hydrogen-bond donors (Lipinski definition) is 1. The van der Waals surface area contributed by atoms with E-state index in [0.717, 1.165) is 31.5 Å². The predicted octanol–water partition coefficient (Wildman–Crippen LogP) is 5.06. The minimum atomic E-state index is -0.451. The van der Waals surface area contributed by atoms with Gasteiger partial charge < -0.3 is 9.80 Å². The standard InChI is InChI=1S/C21H23Cl2N3O3/c1-14(27)24-20(15-6-5-7-17(12-15)25(28)29)21(26(2)10-3-4-11-26)16-8-9-18(22)19(23)13-16/h5-9,12-13,20-21H,3-4,10-11H2,1-2H3/p+1/t20-,21?/m0/s1. The molecule has 1 amide bonds. The van der Waals surface area contributed by atoms with Crippen molar-refractivity contribution in [1.29, 1.82) is 0 Å². The van der Waals surface area contributed by atoms with Crippen molar-refractivity contribution in [1.82, 2.24) is 5.32 Å². The SMILES string of the molecule is CC(=O)N[C@@H](c1cccc([N+](=O)[O-])c1)C(c1ccc(Cl)c(Cl)c1)[N+]1(C)CCCC1. The largest absolute Gasteiger partial charge is 0.343 e. The van der Waals surface area contributed by atoms with Crippen LogP contribution in [0, 0.1) is 10.1 Å². The molecule has 0 radical (unpaired) electrons. The van der Waals surface area contributed by atoms with Crippen LogP contribution >= 0.6 is 23.2 Å². The summed E-state index contributed by atoms with van der Waals surface area (Å²) in [6.07, 6.45) is 2.16. The third kappa shape index (κ3) is 4.71. The number of nitro groups is 1. The average Bonchev–Trinajstić information content (AvgIpc) is 3.11. The van der Waals surface area contributed by atoms with Crippen molar-refractivity contribution in [3.63, 3.8) is 0 Å². The molecule has 1 fully saturated rings. The molecule has 0 spiro atoms. The van der Waals surface area contributed by atoms with Gasteiger partial charge in [0.25, 0.3) is 5.69 Å². The molecule has 1 N–H and O–H groups in total. The summed E-state index contributed by atoms with van der Waals surface area (Å²) in [6.45, 7) is 3.34. The minimum Gasteiger partial charge on any atom is -0.343 e. The molecule has 1 heterocycles. The molecule has 6 nitrogen and oxygen atoms in total. The highest BCUT2D eigenvalue weighted by atomic mass is 35.5. The fourth-order valence-electron chi connectivity index (χ4n) is 4.34. The van der Waals surface area contributed by atoms with Gasteiger partial charge >= 0.3 is 0 Å². The van der Waals surface area contributed by atoms with E-state index in [1.54, 1.807) is 12.1 Å². The number of likely N-dealkylation sites (tertiary alicyclic amines) is 1. The van der Waals surface area contributed by atoms with Gasteiger partial charge in [-0.05, 0) is 17.7 Å². The van der Waals surface area contributed by atoms with Gasteiger partial charge in [-0.15, -0.1) is 0 Å². The molecule has 0 saturated carbocycles. The highest BCUT2D eigenvalue weighted by Crippen LogP contribution is 2.43. The summed E-state index contributed by atoms with van der Waals surface area (Å²) >= 11 is 12.5. The van der Waals surface area contributed by atoms with Crippen LogP contribution in [0.1, 0.15) is 43.0 Å². The number of likely N-dealkylation sites (N-methyl/N-ethyl adjacent to an activating group) is 1. The molecule has 8 heteroatoms. The molecule has 29 heavy (non-hydrogen) atoms. The van der Waals surface area contributed by atoms with Crippen molar-refractivity contribution in [3.8, 4) is 0 Å². The van der Waals surface area contributed by atoms with Crippen LogP contribution in [0.25, 0.3) is 0 Å². The fraction of sp³-hybridized carbons (Fsp3) is 0.381. The van der Waals surface area contributed by atoms with Crippen molar-refractivity contribution >= 4 is 34.8 Å². The Labute approximate surface area is 180 Å². The number of carbonyl (C=O) groups is 1. The van der Waals surface area contributed by atoms with Gasteiger partial charge in [-0.25, -0.2) is 0 Å². The summed E-state index contributed by atoms with van der Waals surface area (Å²) in [5, 5.41) is 15.3. The molecular weight excluding hydrogens is 413 g/mol. The van der Waals surface area contributed by atoms with E-state index in [-0.39, 0.29) is 17.6 Å². The molecule has 0 aromatic heterocycles. The number of amides is 1. The van der Waals surface area contributed by atoms with Gasteiger partial charge in [-0.3, -0.25) is 14.9 Å². The van der Waals surface area contributed by atoms with E-state index in [1.165, 1.54) is 19.1 Å². The van der Waals surface area contributed by atoms with Crippen LogP contribution in [0.15, 0.2) is 42.5 Å². The molecule has 154 valence electrons. The van der Waals surface area contributed by atoms with Crippen molar-refractivity contribution < 1.29 is 14.2 Å². The van der Waals surface area contributed by atoms with Crippen LogP contribution in [0.2, 0.25) is 10.0 Å². The lowest BCUT2D eigenvalue weighted by molar-refractivity contribution is -0.930. The lowest BCUT2D eigenvalue weighted by Crippen LogP contribution is -2.50. The van der Waals surface area contributed by atoms with Gasteiger partial charge in [0.15, 0.2) is 0 Å². The van der Waals surface area contributed by atoms with Crippen LogP contribution in [-0.2, 0) is 4.79 Å². The lowest BCUT2D eigenvalue weighted by Gasteiger charge is -2.42. The third-order valence-electron chi connectivity index (χ3n) is 5.66.